The van der Waals surface area contributed by atoms with E-state index in [1.807, 2.05) is 50.2 Å². The predicted molar refractivity (Wildman–Crippen MR) is 104 cm³/mol. The van der Waals surface area contributed by atoms with Gasteiger partial charge in [0.05, 0.1) is 23.7 Å². The highest BCUT2D eigenvalue weighted by Crippen LogP contribution is 2.28. The van der Waals surface area contributed by atoms with E-state index in [4.69, 9.17) is 9.72 Å². The van der Waals surface area contributed by atoms with Crippen molar-refractivity contribution in [3.63, 3.8) is 0 Å². The van der Waals surface area contributed by atoms with Crippen molar-refractivity contribution in [2.45, 2.75) is 19.0 Å². The van der Waals surface area contributed by atoms with Crippen molar-refractivity contribution in [2.24, 2.45) is 0 Å². The Kier molecular flexibility index (Phi) is 4.95. The van der Waals surface area contributed by atoms with Gasteiger partial charge in [0, 0.05) is 5.75 Å². The normalized spacial score (nSPS) is 10.8. The molecule has 4 nitrogen and oxygen atoms in total. The number of nitrogens with zero attached hydrogens (tertiary/aromatic N) is 2. The number of aryl methyl sites for hydroxylation is 1. The van der Waals surface area contributed by atoms with E-state index >= 15 is 0 Å². The number of fused-ring (bicyclic) bond motifs is 1. The van der Waals surface area contributed by atoms with Gasteiger partial charge in [0.1, 0.15) is 5.75 Å². The fourth-order valence-corrected chi connectivity index (χ4v) is 3.43. The topological polar surface area (TPSA) is 44.1 Å². The molecule has 0 radical (unpaired) electrons. The molecule has 0 saturated carbocycles. The van der Waals surface area contributed by atoms with E-state index in [2.05, 4.69) is 6.58 Å². The predicted octanol–water partition coefficient (Wildman–Crippen LogP) is 4.37. The Hall–Kier alpha value is -2.53. The van der Waals surface area contributed by atoms with Crippen LogP contribution < -0.4 is 10.3 Å². The van der Waals surface area contributed by atoms with Gasteiger partial charge in [-0.25, -0.2) is 4.98 Å². The first-order valence-electron chi connectivity index (χ1n) is 7.95. The maximum atomic E-state index is 13.2. The Balaban J connectivity index is 2.33. The van der Waals surface area contributed by atoms with E-state index in [0.29, 0.717) is 33.2 Å². The minimum Gasteiger partial charge on any atom is -0.495 e. The molecule has 0 aliphatic heterocycles. The van der Waals surface area contributed by atoms with E-state index in [1.54, 1.807) is 17.7 Å². The molecule has 0 saturated heterocycles. The first kappa shape index (κ1) is 17.3. The highest BCUT2D eigenvalue weighted by Gasteiger charge is 2.16. The van der Waals surface area contributed by atoms with Crippen LogP contribution >= 0.6 is 11.8 Å². The van der Waals surface area contributed by atoms with Gasteiger partial charge in [0.15, 0.2) is 5.16 Å². The van der Waals surface area contributed by atoms with Gasteiger partial charge in [0.25, 0.3) is 5.56 Å². The minimum absolute atomic E-state index is 0.0984. The first-order chi connectivity index (χ1) is 12.0. The molecule has 3 aromatic rings. The molecule has 0 aliphatic rings. The number of rotatable bonds is 5. The van der Waals surface area contributed by atoms with Crippen molar-refractivity contribution in [1.82, 2.24) is 9.55 Å². The Morgan fingerprint density at radius 2 is 2.04 bits per heavy atom. The molecule has 0 amide bonds. The number of thioether (sulfide) groups is 1. The van der Waals surface area contributed by atoms with Crippen LogP contribution in [0.3, 0.4) is 0 Å². The lowest BCUT2D eigenvalue weighted by atomic mass is 10.2. The average Bonchev–Trinajstić information content (AvgIpc) is 2.60. The van der Waals surface area contributed by atoms with Crippen LogP contribution in [0.5, 0.6) is 5.75 Å². The van der Waals surface area contributed by atoms with Gasteiger partial charge in [-0.15, -0.1) is 0 Å². The van der Waals surface area contributed by atoms with Gasteiger partial charge in [-0.3, -0.25) is 9.36 Å². The second kappa shape index (κ2) is 7.15. The number of para-hydroxylation sites is 1. The third kappa shape index (κ3) is 3.46. The molecule has 0 unspecified atom stereocenters. The van der Waals surface area contributed by atoms with Gasteiger partial charge >= 0.3 is 0 Å². The lowest BCUT2D eigenvalue weighted by Crippen LogP contribution is -2.22. The zero-order chi connectivity index (χ0) is 18.0. The highest BCUT2D eigenvalue weighted by molar-refractivity contribution is 7.99. The molecule has 1 aromatic heterocycles. The van der Waals surface area contributed by atoms with Crippen molar-refractivity contribution in [2.75, 3.05) is 12.9 Å². The second-order valence-corrected chi connectivity index (χ2v) is 6.92. The lowest BCUT2D eigenvalue weighted by molar-refractivity contribution is 0.411. The van der Waals surface area contributed by atoms with Crippen LogP contribution in [0.25, 0.3) is 16.6 Å². The molecule has 0 fully saturated rings. The SMILES string of the molecule is C=C(C)CSc1nc2ccccc2c(=O)n1-c1cc(C)ccc1OC. The van der Waals surface area contributed by atoms with E-state index in [-0.39, 0.29) is 5.56 Å². The monoisotopic (exact) mass is 352 g/mol. The molecule has 0 bridgehead atoms. The van der Waals surface area contributed by atoms with Crippen LogP contribution in [0.2, 0.25) is 0 Å². The molecular formula is C20H20N2O2S. The standard InChI is InChI=1S/C20H20N2O2S/c1-13(2)12-25-20-21-16-8-6-5-7-15(16)19(23)22(20)17-11-14(3)9-10-18(17)24-4/h5-11H,1,12H2,2-4H3. The summed E-state index contributed by atoms with van der Waals surface area (Å²) >= 11 is 1.50. The van der Waals surface area contributed by atoms with Crippen LogP contribution in [0, 0.1) is 6.92 Å². The largest absolute Gasteiger partial charge is 0.495 e. The molecule has 0 spiro atoms. The highest BCUT2D eigenvalue weighted by atomic mass is 32.2. The summed E-state index contributed by atoms with van der Waals surface area (Å²) in [5.74, 6) is 1.33. The number of hydrogen-bond donors (Lipinski definition) is 0. The molecule has 2 aromatic carbocycles. The van der Waals surface area contributed by atoms with Gasteiger partial charge < -0.3 is 4.74 Å². The zero-order valence-corrected chi connectivity index (χ0v) is 15.4. The van der Waals surface area contributed by atoms with E-state index in [1.165, 1.54) is 11.8 Å². The molecule has 5 heteroatoms. The number of ether oxygens (including phenoxy) is 1. The number of methoxy groups -OCH3 is 1. The Bertz CT molecular complexity index is 1010. The van der Waals surface area contributed by atoms with E-state index in [0.717, 1.165) is 11.1 Å². The summed E-state index contributed by atoms with van der Waals surface area (Å²) in [6, 6.07) is 13.2. The quantitative estimate of drug-likeness (QED) is 0.388. The van der Waals surface area contributed by atoms with Gasteiger partial charge in [-0.2, -0.15) is 0 Å². The van der Waals surface area contributed by atoms with Crippen molar-refractivity contribution >= 4 is 22.7 Å². The first-order valence-corrected chi connectivity index (χ1v) is 8.94. The molecule has 0 atom stereocenters. The molecule has 25 heavy (non-hydrogen) atoms. The Morgan fingerprint density at radius 3 is 2.76 bits per heavy atom. The van der Waals surface area contributed by atoms with Crippen molar-refractivity contribution in [3.05, 3.63) is 70.5 Å². The van der Waals surface area contributed by atoms with E-state index in [9.17, 15) is 4.79 Å². The summed E-state index contributed by atoms with van der Waals surface area (Å²) < 4.78 is 7.13. The Morgan fingerprint density at radius 1 is 1.28 bits per heavy atom. The maximum absolute atomic E-state index is 13.2. The third-order valence-corrected chi connectivity index (χ3v) is 4.94. The molecule has 0 aliphatic carbocycles. The smallest absolute Gasteiger partial charge is 0.266 e. The fraction of sp³-hybridized carbons (Fsp3) is 0.200. The number of benzene rings is 2. The van der Waals surface area contributed by atoms with Crippen molar-refractivity contribution in [3.8, 4) is 11.4 Å². The second-order valence-electron chi connectivity index (χ2n) is 5.97. The third-order valence-electron chi connectivity index (χ3n) is 3.77. The summed E-state index contributed by atoms with van der Waals surface area (Å²) in [4.78, 5) is 17.9. The molecule has 128 valence electrons. The summed E-state index contributed by atoms with van der Waals surface area (Å²) in [6.45, 7) is 7.90. The maximum Gasteiger partial charge on any atom is 0.266 e. The summed E-state index contributed by atoms with van der Waals surface area (Å²) in [5, 5.41) is 1.22. The van der Waals surface area contributed by atoms with E-state index < -0.39 is 0 Å². The molecular weight excluding hydrogens is 332 g/mol. The number of aromatic nitrogens is 2. The van der Waals surface area contributed by atoms with Gasteiger partial charge in [0.2, 0.25) is 0 Å². The van der Waals surface area contributed by atoms with Gasteiger partial charge in [-0.05, 0) is 43.7 Å². The van der Waals surface area contributed by atoms with Gasteiger partial charge in [-0.1, -0.05) is 42.1 Å². The van der Waals surface area contributed by atoms with Crippen LogP contribution in [0.1, 0.15) is 12.5 Å². The zero-order valence-electron chi connectivity index (χ0n) is 14.6. The Labute approximate surface area is 151 Å². The summed E-state index contributed by atoms with van der Waals surface area (Å²) in [5.41, 5.74) is 3.37. The van der Waals surface area contributed by atoms with Crippen molar-refractivity contribution in [1.29, 1.82) is 0 Å². The summed E-state index contributed by atoms with van der Waals surface area (Å²) in [7, 11) is 1.61. The van der Waals surface area contributed by atoms with Crippen LogP contribution in [0.15, 0.2) is 64.6 Å². The average molecular weight is 352 g/mol. The lowest BCUT2D eigenvalue weighted by Gasteiger charge is -2.16. The minimum atomic E-state index is -0.0984. The van der Waals surface area contributed by atoms with Crippen LogP contribution in [-0.2, 0) is 0 Å². The molecule has 3 rings (SSSR count). The van der Waals surface area contributed by atoms with Crippen LogP contribution in [-0.4, -0.2) is 22.4 Å². The number of hydrogen-bond acceptors (Lipinski definition) is 4. The fourth-order valence-electron chi connectivity index (χ4n) is 2.58. The summed E-state index contributed by atoms with van der Waals surface area (Å²) in [6.07, 6.45) is 0. The van der Waals surface area contributed by atoms with Crippen molar-refractivity contribution < 1.29 is 4.74 Å². The molecule has 1 heterocycles. The molecule has 0 N–H and O–H groups in total. The van der Waals surface area contributed by atoms with Crippen LogP contribution in [0.4, 0.5) is 0 Å².